The maximum Gasteiger partial charge on any atom is 0.292 e. The minimum absolute atomic E-state index is 0.0236. The fourth-order valence-electron chi connectivity index (χ4n) is 2.27. The number of nitrogens with zero attached hydrogens (tertiary/aromatic N) is 1. The summed E-state index contributed by atoms with van der Waals surface area (Å²) in [6.45, 7) is 0. The van der Waals surface area contributed by atoms with Crippen molar-refractivity contribution in [2.45, 2.75) is 18.9 Å². The average Bonchev–Trinajstić information content (AvgIpc) is 3.10. The molecule has 0 saturated heterocycles. The molecule has 0 amide bonds. The molecule has 1 unspecified atom stereocenters. The molecule has 1 atom stereocenters. The predicted octanol–water partition coefficient (Wildman–Crippen LogP) is 4.36. The molecule has 2 aromatic rings. The monoisotopic (exact) mass is 292 g/mol. The highest BCUT2D eigenvalue weighted by molar-refractivity contribution is 7.10. The summed E-state index contributed by atoms with van der Waals surface area (Å²) in [6, 6.07) is 7.50. The van der Waals surface area contributed by atoms with Crippen LogP contribution in [-0.4, -0.2) is 4.92 Å². The van der Waals surface area contributed by atoms with E-state index in [-0.39, 0.29) is 17.4 Å². The molecule has 6 heteroatoms. The molecule has 104 valence electrons. The second-order valence-electron chi connectivity index (χ2n) is 4.89. The highest BCUT2D eigenvalue weighted by Gasteiger charge is 2.34. The van der Waals surface area contributed by atoms with Crippen LogP contribution in [0.5, 0.6) is 0 Å². The number of nitro benzene ring substituents is 1. The van der Waals surface area contributed by atoms with Gasteiger partial charge in [0.2, 0.25) is 0 Å². The molecule has 4 nitrogen and oxygen atoms in total. The Hall–Kier alpha value is -1.95. The van der Waals surface area contributed by atoms with Gasteiger partial charge in [0.05, 0.1) is 11.0 Å². The van der Waals surface area contributed by atoms with Gasteiger partial charge in [-0.25, -0.2) is 4.39 Å². The molecule has 20 heavy (non-hydrogen) atoms. The molecule has 0 radical (unpaired) electrons. The van der Waals surface area contributed by atoms with Crippen LogP contribution in [0.1, 0.15) is 23.8 Å². The van der Waals surface area contributed by atoms with Gasteiger partial charge in [0.15, 0.2) is 0 Å². The Balaban J connectivity index is 1.92. The summed E-state index contributed by atoms with van der Waals surface area (Å²) in [5.41, 5.74) is 0.161. The van der Waals surface area contributed by atoms with Gasteiger partial charge in [-0.3, -0.25) is 10.1 Å². The molecule has 1 aromatic carbocycles. The van der Waals surface area contributed by atoms with Crippen molar-refractivity contribution in [2.24, 2.45) is 5.92 Å². The maximum atomic E-state index is 13.4. The Bertz CT molecular complexity index is 626. The van der Waals surface area contributed by atoms with Crippen molar-refractivity contribution in [3.8, 4) is 0 Å². The van der Waals surface area contributed by atoms with E-state index in [0.29, 0.717) is 5.92 Å². The molecule has 1 aliphatic carbocycles. The number of halogens is 1. The topological polar surface area (TPSA) is 55.2 Å². The van der Waals surface area contributed by atoms with Gasteiger partial charge in [-0.2, -0.15) is 0 Å². The minimum atomic E-state index is -0.486. The molecule has 1 fully saturated rings. The van der Waals surface area contributed by atoms with Crippen LogP contribution in [0, 0.1) is 21.8 Å². The van der Waals surface area contributed by atoms with Crippen LogP contribution in [0.15, 0.2) is 35.7 Å². The molecule has 0 aliphatic heterocycles. The Labute approximate surface area is 119 Å². The van der Waals surface area contributed by atoms with Gasteiger partial charge in [-0.05, 0) is 36.3 Å². The standard InChI is InChI=1S/C14H13FN2O2S/c15-10-5-6-12(17(18)19)11(8-10)16-14(9-3-4-9)13-2-1-7-20-13/h1-2,5-9,14,16H,3-4H2. The van der Waals surface area contributed by atoms with E-state index >= 15 is 0 Å². The van der Waals surface area contributed by atoms with E-state index in [9.17, 15) is 14.5 Å². The van der Waals surface area contributed by atoms with Crippen LogP contribution in [0.2, 0.25) is 0 Å². The van der Waals surface area contributed by atoms with Gasteiger partial charge in [0.25, 0.3) is 5.69 Å². The van der Waals surface area contributed by atoms with Crippen molar-refractivity contribution in [2.75, 3.05) is 5.32 Å². The predicted molar refractivity (Wildman–Crippen MR) is 76.5 cm³/mol. The first-order valence-electron chi connectivity index (χ1n) is 6.39. The molecule has 1 aromatic heterocycles. The second-order valence-corrected chi connectivity index (χ2v) is 5.87. The Morgan fingerprint density at radius 2 is 2.20 bits per heavy atom. The van der Waals surface area contributed by atoms with E-state index in [1.807, 2.05) is 17.5 Å². The summed E-state index contributed by atoms with van der Waals surface area (Å²) in [5, 5.41) is 16.2. The fraction of sp³-hybridized carbons (Fsp3) is 0.286. The lowest BCUT2D eigenvalue weighted by Crippen LogP contribution is -2.13. The summed E-state index contributed by atoms with van der Waals surface area (Å²) in [6.07, 6.45) is 2.19. The highest BCUT2D eigenvalue weighted by atomic mass is 32.1. The van der Waals surface area contributed by atoms with Crippen LogP contribution < -0.4 is 5.32 Å². The smallest absolute Gasteiger partial charge is 0.292 e. The lowest BCUT2D eigenvalue weighted by Gasteiger charge is -2.18. The SMILES string of the molecule is O=[N+]([O-])c1ccc(F)cc1NC(c1cccs1)C1CC1. The molecular weight excluding hydrogens is 279 g/mol. The molecule has 3 rings (SSSR count). The minimum Gasteiger partial charge on any atom is -0.372 e. The molecule has 0 bridgehead atoms. The van der Waals surface area contributed by atoms with Gasteiger partial charge in [0, 0.05) is 17.0 Å². The first kappa shape index (κ1) is 13.1. The van der Waals surface area contributed by atoms with Gasteiger partial charge in [0.1, 0.15) is 11.5 Å². The summed E-state index contributed by atoms with van der Waals surface area (Å²) in [4.78, 5) is 11.7. The van der Waals surface area contributed by atoms with Crippen molar-refractivity contribution in [1.29, 1.82) is 0 Å². The first-order chi connectivity index (χ1) is 9.65. The maximum absolute atomic E-state index is 13.4. The van der Waals surface area contributed by atoms with Gasteiger partial charge < -0.3 is 5.32 Å². The van der Waals surface area contributed by atoms with Crippen molar-refractivity contribution in [3.63, 3.8) is 0 Å². The van der Waals surface area contributed by atoms with Crippen molar-refractivity contribution in [1.82, 2.24) is 0 Å². The lowest BCUT2D eigenvalue weighted by atomic mass is 10.1. The zero-order valence-corrected chi connectivity index (χ0v) is 11.4. The number of anilines is 1. The molecule has 1 aliphatic rings. The quantitative estimate of drug-likeness (QED) is 0.658. The number of rotatable bonds is 5. The zero-order chi connectivity index (χ0) is 14.1. The number of hydrogen-bond acceptors (Lipinski definition) is 4. The summed E-state index contributed by atoms with van der Waals surface area (Å²) >= 11 is 1.61. The summed E-state index contributed by atoms with van der Waals surface area (Å²) < 4.78 is 13.4. The normalized spacial score (nSPS) is 15.8. The van der Waals surface area contributed by atoms with Gasteiger partial charge in [-0.1, -0.05) is 6.07 Å². The van der Waals surface area contributed by atoms with E-state index in [1.54, 1.807) is 11.3 Å². The van der Waals surface area contributed by atoms with Crippen LogP contribution in [0.25, 0.3) is 0 Å². The van der Waals surface area contributed by atoms with E-state index in [2.05, 4.69) is 5.32 Å². The number of hydrogen-bond donors (Lipinski definition) is 1. The molecular formula is C14H13FN2O2S. The fourth-order valence-corrected chi connectivity index (χ4v) is 3.14. The largest absolute Gasteiger partial charge is 0.372 e. The van der Waals surface area contributed by atoms with E-state index in [1.165, 1.54) is 12.1 Å². The Kier molecular flexibility index (Phi) is 3.40. The van der Waals surface area contributed by atoms with Crippen LogP contribution in [0.4, 0.5) is 15.8 Å². The zero-order valence-electron chi connectivity index (χ0n) is 10.6. The van der Waals surface area contributed by atoms with Crippen molar-refractivity contribution < 1.29 is 9.31 Å². The number of thiophene rings is 1. The lowest BCUT2D eigenvalue weighted by molar-refractivity contribution is -0.384. The van der Waals surface area contributed by atoms with Gasteiger partial charge in [-0.15, -0.1) is 11.3 Å². The summed E-state index contributed by atoms with van der Waals surface area (Å²) in [7, 11) is 0. The first-order valence-corrected chi connectivity index (χ1v) is 7.27. The van der Waals surface area contributed by atoms with Crippen molar-refractivity contribution in [3.05, 3.63) is 56.5 Å². The van der Waals surface area contributed by atoms with Gasteiger partial charge >= 0.3 is 0 Å². The van der Waals surface area contributed by atoms with E-state index < -0.39 is 10.7 Å². The van der Waals surface area contributed by atoms with Crippen LogP contribution in [0.3, 0.4) is 0 Å². The van der Waals surface area contributed by atoms with E-state index in [0.717, 1.165) is 23.8 Å². The van der Waals surface area contributed by atoms with Crippen LogP contribution in [-0.2, 0) is 0 Å². The third-order valence-electron chi connectivity index (χ3n) is 3.41. The molecule has 1 saturated carbocycles. The Morgan fingerprint density at radius 1 is 1.40 bits per heavy atom. The number of nitrogens with one attached hydrogen (secondary N) is 1. The molecule has 1 heterocycles. The average molecular weight is 292 g/mol. The van der Waals surface area contributed by atoms with Crippen molar-refractivity contribution >= 4 is 22.7 Å². The highest BCUT2D eigenvalue weighted by Crippen LogP contribution is 2.45. The summed E-state index contributed by atoms with van der Waals surface area (Å²) in [5.74, 6) is -0.00431. The second kappa shape index (κ2) is 5.20. The molecule has 1 N–H and O–H groups in total. The number of nitro groups is 1. The third-order valence-corrected chi connectivity index (χ3v) is 4.36. The Morgan fingerprint density at radius 3 is 2.80 bits per heavy atom. The number of benzene rings is 1. The molecule has 0 spiro atoms. The van der Waals surface area contributed by atoms with E-state index in [4.69, 9.17) is 0 Å². The van der Waals surface area contributed by atoms with Crippen LogP contribution >= 0.6 is 11.3 Å². The third kappa shape index (κ3) is 2.65.